The number of carbonyl (C=O) groups excluding carboxylic acids is 1. The summed E-state index contributed by atoms with van der Waals surface area (Å²) in [5.74, 6) is 3.26. The van der Waals surface area contributed by atoms with Crippen molar-refractivity contribution in [2.75, 3.05) is 0 Å². The van der Waals surface area contributed by atoms with Crippen LogP contribution in [0.5, 0.6) is 0 Å². The number of benzene rings is 4. The normalized spacial score (nSPS) is 11.1. The summed E-state index contributed by atoms with van der Waals surface area (Å²) in [6, 6.07) is 41.8. The Bertz CT molecular complexity index is 2530. The average molecular weight is 883 g/mol. The predicted molar refractivity (Wildman–Crippen MR) is 263 cm³/mol. The number of furan rings is 2. The first-order valence-corrected chi connectivity index (χ1v) is 23.4. The maximum atomic E-state index is 11.1. The van der Waals surface area contributed by atoms with Crippen molar-refractivity contribution in [3.05, 3.63) is 180 Å². The van der Waals surface area contributed by atoms with Gasteiger partial charge in [-0.25, -0.2) is 9.97 Å². The van der Waals surface area contributed by atoms with Gasteiger partial charge in [0, 0.05) is 72.0 Å². The number of Topliss-reactive ketones (excluding diaryl/α,β-unsaturated/α-hetero) is 1. The highest BCUT2D eigenvalue weighted by molar-refractivity contribution is 5.75. The maximum absolute atomic E-state index is 11.1. The van der Waals surface area contributed by atoms with Crippen LogP contribution in [0, 0.1) is 13.8 Å². The summed E-state index contributed by atoms with van der Waals surface area (Å²) in [7, 11) is 0. The van der Waals surface area contributed by atoms with Crippen molar-refractivity contribution in [2.24, 2.45) is 0 Å². The number of aliphatic carboxylic acids is 1. The van der Waals surface area contributed by atoms with Gasteiger partial charge in [-0.15, -0.1) is 0 Å². The number of unbranched alkanes of at least 4 members (excludes halogenated alkanes) is 6. The molecule has 340 valence electrons. The fourth-order valence-electron chi connectivity index (χ4n) is 8.47. The van der Waals surface area contributed by atoms with Crippen molar-refractivity contribution in [1.82, 2.24) is 19.1 Å². The van der Waals surface area contributed by atoms with Crippen LogP contribution in [0.25, 0.3) is 45.4 Å². The number of aromatic nitrogens is 4. The van der Waals surface area contributed by atoms with Crippen LogP contribution < -0.4 is 0 Å². The number of ketones is 1. The lowest BCUT2D eigenvalue weighted by Gasteiger charge is -2.14. The number of imidazole rings is 2. The zero-order valence-electron chi connectivity index (χ0n) is 38.6. The Hall–Kier alpha value is -7.00. The molecule has 0 saturated heterocycles. The molecule has 0 spiro atoms. The van der Waals surface area contributed by atoms with Gasteiger partial charge in [-0.3, -0.25) is 4.79 Å². The lowest BCUT2D eigenvalue weighted by molar-refractivity contribution is -0.137. The van der Waals surface area contributed by atoms with E-state index in [1.165, 1.54) is 28.7 Å². The first-order chi connectivity index (χ1) is 32.2. The van der Waals surface area contributed by atoms with Gasteiger partial charge in [0.25, 0.3) is 0 Å². The van der Waals surface area contributed by atoms with Crippen molar-refractivity contribution in [3.63, 3.8) is 0 Å². The van der Waals surface area contributed by atoms with E-state index >= 15 is 0 Å². The molecule has 0 bridgehead atoms. The van der Waals surface area contributed by atoms with Crippen LogP contribution in [0.15, 0.2) is 155 Å². The topological polar surface area (TPSA) is 116 Å². The molecule has 9 heteroatoms. The van der Waals surface area contributed by atoms with Crippen LogP contribution in [0.2, 0.25) is 0 Å². The first kappa shape index (κ1) is 47.0. The third-order valence-corrected chi connectivity index (χ3v) is 12.2. The highest BCUT2D eigenvalue weighted by atomic mass is 16.4. The smallest absolute Gasteiger partial charge is 0.303 e. The monoisotopic (exact) mass is 882 g/mol. The van der Waals surface area contributed by atoms with Crippen molar-refractivity contribution < 1.29 is 23.5 Å². The Labute approximate surface area is 389 Å². The highest BCUT2D eigenvalue weighted by Crippen LogP contribution is 2.29. The molecule has 0 aliphatic carbocycles. The zero-order chi connectivity index (χ0) is 46.1. The van der Waals surface area contributed by atoms with Crippen LogP contribution in [0.1, 0.15) is 105 Å². The van der Waals surface area contributed by atoms with Gasteiger partial charge in [0.1, 0.15) is 29.0 Å². The number of carbonyl (C=O) groups is 2. The van der Waals surface area contributed by atoms with Crippen molar-refractivity contribution in [2.45, 2.75) is 111 Å². The number of rotatable bonds is 22. The molecule has 1 N–H and O–H groups in total. The molecule has 8 aromatic rings. The standard InChI is InChI=1S/C29H32N2O2.C28H30N2O3/c1-22-20-30-29(26-17-15-25(16-18-26)28-14-9-19-33-28)31(22)21-27-13-8-7-12-24(27)11-6-4-3-5-10-23(2)32;1-21-19-29-28(24-16-14-23(15-17-24)26-12-8-18-33-26)30(21)20-25-11-7-6-10-22(25)9-4-2-3-5-13-27(31)32/h7-9,12-20H,3-6,10-11,21H2,1-2H3;6-8,10-12,14-19H,2-5,9,13,20H2,1H3,(H,31,32). The maximum Gasteiger partial charge on any atom is 0.303 e. The van der Waals surface area contributed by atoms with Gasteiger partial charge in [-0.05, 0) is 106 Å². The largest absolute Gasteiger partial charge is 0.481 e. The van der Waals surface area contributed by atoms with Gasteiger partial charge in [0.05, 0.1) is 12.5 Å². The second-order valence-corrected chi connectivity index (χ2v) is 17.2. The third kappa shape index (κ3) is 13.1. The van der Waals surface area contributed by atoms with Crippen LogP contribution in [0.4, 0.5) is 0 Å². The van der Waals surface area contributed by atoms with E-state index in [2.05, 4.69) is 120 Å². The number of hydrogen-bond donors (Lipinski definition) is 1. The fourth-order valence-corrected chi connectivity index (χ4v) is 8.47. The molecule has 66 heavy (non-hydrogen) atoms. The van der Waals surface area contributed by atoms with Crippen molar-refractivity contribution in [1.29, 1.82) is 0 Å². The highest BCUT2D eigenvalue weighted by Gasteiger charge is 2.15. The van der Waals surface area contributed by atoms with Gasteiger partial charge in [-0.1, -0.05) is 123 Å². The Morgan fingerprint density at radius 3 is 1.27 bits per heavy atom. The molecule has 0 atom stereocenters. The van der Waals surface area contributed by atoms with Crippen LogP contribution >= 0.6 is 0 Å². The van der Waals surface area contributed by atoms with E-state index in [4.69, 9.17) is 23.9 Å². The molecule has 0 unspecified atom stereocenters. The van der Waals surface area contributed by atoms with Crippen molar-refractivity contribution >= 4 is 11.8 Å². The van der Waals surface area contributed by atoms with E-state index in [1.807, 2.05) is 36.7 Å². The quantitative estimate of drug-likeness (QED) is 0.0674. The summed E-state index contributed by atoms with van der Waals surface area (Å²) in [6.07, 6.45) is 18.6. The molecule has 4 aromatic heterocycles. The number of carboxylic acids is 1. The summed E-state index contributed by atoms with van der Waals surface area (Å²) in [4.78, 5) is 31.2. The van der Waals surface area contributed by atoms with E-state index in [1.54, 1.807) is 19.5 Å². The third-order valence-electron chi connectivity index (χ3n) is 12.2. The zero-order valence-corrected chi connectivity index (χ0v) is 38.6. The molecular weight excluding hydrogens is 821 g/mol. The molecular formula is C57H62N4O5. The van der Waals surface area contributed by atoms with Gasteiger partial charge < -0.3 is 27.9 Å². The average Bonchev–Trinajstić information content (AvgIpc) is 4.18. The minimum Gasteiger partial charge on any atom is -0.481 e. The second-order valence-electron chi connectivity index (χ2n) is 17.2. The first-order valence-electron chi connectivity index (χ1n) is 23.4. The van der Waals surface area contributed by atoms with Gasteiger partial charge >= 0.3 is 5.97 Å². The van der Waals surface area contributed by atoms with Gasteiger partial charge in [-0.2, -0.15) is 0 Å². The Morgan fingerprint density at radius 2 is 0.879 bits per heavy atom. The molecule has 0 saturated carbocycles. The Kier molecular flexibility index (Phi) is 16.9. The van der Waals surface area contributed by atoms with Crippen LogP contribution in [-0.4, -0.2) is 36.0 Å². The fraction of sp³-hybridized carbons (Fsp3) is 0.298. The summed E-state index contributed by atoms with van der Waals surface area (Å²) in [5.41, 5.74) is 12.0. The van der Waals surface area contributed by atoms with Crippen molar-refractivity contribution in [3.8, 4) is 45.4 Å². The van der Waals surface area contributed by atoms with Crippen LogP contribution in [-0.2, 0) is 35.5 Å². The minimum absolute atomic E-state index is 0.266. The predicted octanol–water partition coefficient (Wildman–Crippen LogP) is 14.0. The van der Waals surface area contributed by atoms with Gasteiger partial charge in [0.15, 0.2) is 0 Å². The van der Waals surface area contributed by atoms with E-state index < -0.39 is 5.97 Å². The number of aryl methyl sites for hydroxylation is 4. The Morgan fingerprint density at radius 1 is 0.485 bits per heavy atom. The Balaban J connectivity index is 0.000000196. The number of nitrogens with zero attached hydrogens (tertiary/aromatic N) is 4. The van der Waals surface area contributed by atoms with E-state index in [-0.39, 0.29) is 6.42 Å². The molecule has 0 radical (unpaired) electrons. The van der Waals surface area contributed by atoms with Crippen LogP contribution in [0.3, 0.4) is 0 Å². The molecule has 0 fully saturated rings. The van der Waals surface area contributed by atoms with E-state index in [0.717, 1.165) is 128 Å². The second kappa shape index (κ2) is 23.8. The van der Waals surface area contributed by atoms with E-state index in [0.29, 0.717) is 12.2 Å². The molecule has 0 aliphatic heterocycles. The molecule has 9 nitrogen and oxygen atoms in total. The summed E-state index contributed by atoms with van der Waals surface area (Å²) in [6.45, 7) is 7.47. The number of hydrogen-bond acceptors (Lipinski definition) is 6. The minimum atomic E-state index is -0.706. The summed E-state index contributed by atoms with van der Waals surface area (Å²) in [5, 5.41) is 8.78. The molecule has 4 heterocycles. The van der Waals surface area contributed by atoms with E-state index in [9.17, 15) is 9.59 Å². The number of carboxylic acid groups (broad SMARTS) is 1. The summed E-state index contributed by atoms with van der Waals surface area (Å²) < 4.78 is 15.6. The lowest BCUT2D eigenvalue weighted by Crippen LogP contribution is -2.07. The molecule has 4 aromatic carbocycles. The summed E-state index contributed by atoms with van der Waals surface area (Å²) >= 11 is 0. The molecule has 8 rings (SSSR count). The van der Waals surface area contributed by atoms with Gasteiger partial charge in [0.2, 0.25) is 0 Å². The molecule has 0 amide bonds. The lowest BCUT2D eigenvalue weighted by atomic mass is 10.00. The molecule has 0 aliphatic rings. The SMILES string of the molecule is CC(=O)CCCCCCc1ccccc1Cn1c(C)cnc1-c1ccc(-c2ccco2)cc1.Cc1cnc(-c2ccc(-c3ccco3)cc2)n1Cc1ccccc1CCCCCCC(=O)O.